The van der Waals surface area contributed by atoms with E-state index < -0.39 is 0 Å². The third-order valence-electron chi connectivity index (χ3n) is 4.89. The van der Waals surface area contributed by atoms with Crippen LogP contribution in [0.4, 0.5) is 5.69 Å². The first-order valence-electron chi connectivity index (χ1n) is 8.22. The van der Waals surface area contributed by atoms with E-state index in [4.69, 9.17) is 16.3 Å². The van der Waals surface area contributed by atoms with Crippen molar-refractivity contribution in [3.05, 3.63) is 70.8 Å². The molecule has 4 rings (SSSR count). The van der Waals surface area contributed by atoms with Gasteiger partial charge in [0.25, 0.3) is 0 Å². The molecule has 2 unspecified atom stereocenters. The van der Waals surface area contributed by atoms with Crippen LogP contribution in [0.15, 0.2) is 54.6 Å². The number of benzene rings is 2. The van der Waals surface area contributed by atoms with Gasteiger partial charge in [-0.1, -0.05) is 42.0 Å². The van der Waals surface area contributed by atoms with Crippen LogP contribution in [-0.2, 0) is 0 Å². The molecule has 118 valence electrons. The second kappa shape index (κ2) is 5.93. The van der Waals surface area contributed by atoms with E-state index in [-0.39, 0.29) is 6.04 Å². The maximum atomic E-state index is 6.46. The lowest BCUT2D eigenvalue weighted by atomic mass is 9.77. The zero-order valence-electron chi connectivity index (χ0n) is 13.1. The number of fused-ring (bicyclic) bond motifs is 3. The van der Waals surface area contributed by atoms with Gasteiger partial charge in [-0.2, -0.15) is 0 Å². The summed E-state index contributed by atoms with van der Waals surface area (Å²) in [6, 6.07) is 14.8. The second-order valence-electron chi connectivity index (χ2n) is 6.18. The van der Waals surface area contributed by atoms with Crippen LogP contribution in [0.3, 0.4) is 0 Å². The Morgan fingerprint density at radius 3 is 2.87 bits per heavy atom. The summed E-state index contributed by atoms with van der Waals surface area (Å²) in [5.74, 6) is 1.87. The van der Waals surface area contributed by atoms with Gasteiger partial charge in [-0.25, -0.2) is 0 Å². The van der Waals surface area contributed by atoms with Crippen LogP contribution < -0.4 is 10.1 Å². The Hall–Kier alpha value is -1.93. The second-order valence-corrected chi connectivity index (χ2v) is 6.59. The van der Waals surface area contributed by atoms with E-state index in [2.05, 4.69) is 41.7 Å². The lowest BCUT2D eigenvalue weighted by Gasteiger charge is -2.38. The molecule has 0 spiro atoms. The van der Waals surface area contributed by atoms with Gasteiger partial charge in [0.1, 0.15) is 5.75 Å². The predicted octanol–water partition coefficient (Wildman–Crippen LogP) is 5.57. The van der Waals surface area contributed by atoms with Crippen LogP contribution >= 0.6 is 11.6 Å². The average Bonchev–Trinajstić information content (AvgIpc) is 3.05. The molecule has 0 saturated heterocycles. The summed E-state index contributed by atoms with van der Waals surface area (Å²) in [5, 5.41) is 4.55. The minimum Gasteiger partial charge on any atom is -0.494 e. The zero-order chi connectivity index (χ0) is 15.8. The van der Waals surface area contributed by atoms with E-state index in [1.165, 1.54) is 16.8 Å². The van der Waals surface area contributed by atoms with E-state index in [1.807, 2.05) is 25.1 Å². The van der Waals surface area contributed by atoms with Gasteiger partial charge < -0.3 is 10.1 Å². The zero-order valence-corrected chi connectivity index (χ0v) is 13.9. The fourth-order valence-corrected chi connectivity index (χ4v) is 4.12. The summed E-state index contributed by atoms with van der Waals surface area (Å²) in [6.07, 6.45) is 5.71. The highest BCUT2D eigenvalue weighted by atomic mass is 35.5. The van der Waals surface area contributed by atoms with Crippen molar-refractivity contribution in [3.63, 3.8) is 0 Å². The van der Waals surface area contributed by atoms with Gasteiger partial charge in [0.15, 0.2) is 0 Å². The summed E-state index contributed by atoms with van der Waals surface area (Å²) in [5.41, 5.74) is 3.71. The number of hydrogen-bond acceptors (Lipinski definition) is 2. The van der Waals surface area contributed by atoms with Crippen molar-refractivity contribution in [2.75, 3.05) is 11.9 Å². The molecule has 3 heteroatoms. The fourth-order valence-electron chi connectivity index (χ4n) is 3.86. The molecule has 1 N–H and O–H groups in total. The molecule has 2 aromatic rings. The quantitative estimate of drug-likeness (QED) is 0.745. The summed E-state index contributed by atoms with van der Waals surface area (Å²) in [6.45, 7) is 2.71. The highest BCUT2D eigenvalue weighted by molar-refractivity contribution is 6.31. The number of halogens is 1. The lowest BCUT2D eigenvalue weighted by Crippen LogP contribution is -2.29. The normalized spacial score (nSPS) is 24.7. The highest BCUT2D eigenvalue weighted by Gasteiger charge is 2.38. The Balaban J connectivity index is 1.76. The first kappa shape index (κ1) is 14.6. The standard InChI is InChI=1S/C20H20ClNO/c1-2-23-13-10-11-19-17(12-13)14-7-5-8-15(14)20(22-19)16-6-3-4-9-18(16)21/h3-7,9-12,14-15,20,22H,2,8H2,1H3/t14?,15?,20-/m0/s1. The number of anilines is 1. The van der Waals surface area contributed by atoms with E-state index in [0.29, 0.717) is 18.4 Å². The molecule has 1 aliphatic carbocycles. The number of nitrogens with one attached hydrogen (secondary N) is 1. The fraction of sp³-hybridized carbons (Fsp3) is 0.300. The first-order valence-corrected chi connectivity index (χ1v) is 8.60. The monoisotopic (exact) mass is 325 g/mol. The van der Waals surface area contributed by atoms with Crippen molar-refractivity contribution in [1.29, 1.82) is 0 Å². The van der Waals surface area contributed by atoms with Crippen molar-refractivity contribution in [2.45, 2.75) is 25.3 Å². The van der Waals surface area contributed by atoms with Gasteiger partial charge in [0, 0.05) is 16.6 Å². The number of allylic oxidation sites excluding steroid dienone is 2. The van der Waals surface area contributed by atoms with Crippen LogP contribution in [0.25, 0.3) is 0 Å². The maximum Gasteiger partial charge on any atom is 0.119 e. The van der Waals surface area contributed by atoms with Crippen LogP contribution in [0.1, 0.15) is 36.4 Å². The summed E-state index contributed by atoms with van der Waals surface area (Å²) < 4.78 is 5.68. The summed E-state index contributed by atoms with van der Waals surface area (Å²) in [7, 11) is 0. The molecule has 1 heterocycles. The molecule has 2 nitrogen and oxygen atoms in total. The van der Waals surface area contributed by atoms with E-state index >= 15 is 0 Å². The maximum absolute atomic E-state index is 6.46. The molecule has 0 saturated carbocycles. The molecular weight excluding hydrogens is 306 g/mol. The Labute approximate surface area is 142 Å². The number of ether oxygens (including phenoxy) is 1. The summed E-state index contributed by atoms with van der Waals surface area (Å²) in [4.78, 5) is 0. The summed E-state index contributed by atoms with van der Waals surface area (Å²) >= 11 is 6.46. The molecular formula is C20H20ClNO. The van der Waals surface area contributed by atoms with Crippen LogP contribution in [0, 0.1) is 5.92 Å². The van der Waals surface area contributed by atoms with Gasteiger partial charge in [-0.05, 0) is 54.7 Å². The molecule has 0 bridgehead atoms. The molecule has 2 aliphatic rings. The molecule has 0 amide bonds. The molecule has 3 atom stereocenters. The SMILES string of the molecule is CCOc1ccc2c(c1)C1C=CCC1[C@@H](c1ccccc1Cl)N2. The van der Waals surface area contributed by atoms with Gasteiger partial charge in [0.05, 0.1) is 12.6 Å². The topological polar surface area (TPSA) is 21.3 Å². The predicted molar refractivity (Wildman–Crippen MR) is 95.4 cm³/mol. The largest absolute Gasteiger partial charge is 0.494 e. The van der Waals surface area contributed by atoms with E-state index in [1.54, 1.807) is 0 Å². The number of rotatable bonds is 3. The Morgan fingerprint density at radius 1 is 1.17 bits per heavy atom. The van der Waals surface area contributed by atoms with Gasteiger partial charge in [0.2, 0.25) is 0 Å². The molecule has 0 aromatic heterocycles. The molecule has 0 fully saturated rings. The van der Waals surface area contributed by atoms with Crippen molar-refractivity contribution in [1.82, 2.24) is 0 Å². The molecule has 0 radical (unpaired) electrons. The van der Waals surface area contributed by atoms with Crippen molar-refractivity contribution in [2.24, 2.45) is 5.92 Å². The highest BCUT2D eigenvalue weighted by Crippen LogP contribution is 2.51. The van der Waals surface area contributed by atoms with Gasteiger partial charge >= 0.3 is 0 Å². The molecule has 1 aliphatic heterocycles. The van der Waals surface area contributed by atoms with E-state index in [0.717, 1.165) is 17.2 Å². The minimum absolute atomic E-state index is 0.245. The van der Waals surface area contributed by atoms with Crippen molar-refractivity contribution < 1.29 is 4.74 Å². The Morgan fingerprint density at radius 2 is 2.04 bits per heavy atom. The molecule has 23 heavy (non-hydrogen) atoms. The van der Waals surface area contributed by atoms with Crippen LogP contribution in [0.5, 0.6) is 5.75 Å². The average molecular weight is 326 g/mol. The third-order valence-corrected chi connectivity index (χ3v) is 5.23. The van der Waals surface area contributed by atoms with Gasteiger partial charge in [-0.3, -0.25) is 0 Å². The van der Waals surface area contributed by atoms with Crippen LogP contribution in [0.2, 0.25) is 5.02 Å². The van der Waals surface area contributed by atoms with Gasteiger partial charge in [-0.15, -0.1) is 0 Å². The minimum atomic E-state index is 0.245. The van der Waals surface area contributed by atoms with Crippen LogP contribution in [-0.4, -0.2) is 6.61 Å². The van der Waals surface area contributed by atoms with Crippen molar-refractivity contribution in [3.8, 4) is 5.75 Å². The van der Waals surface area contributed by atoms with E-state index in [9.17, 15) is 0 Å². The number of hydrogen-bond donors (Lipinski definition) is 1. The molecule has 2 aromatic carbocycles. The Bertz CT molecular complexity index is 755. The third kappa shape index (κ3) is 2.51. The first-order chi connectivity index (χ1) is 11.3. The Kier molecular flexibility index (Phi) is 3.78. The lowest BCUT2D eigenvalue weighted by molar-refractivity contribution is 0.338. The van der Waals surface area contributed by atoms with Crippen molar-refractivity contribution >= 4 is 17.3 Å². The smallest absolute Gasteiger partial charge is 0.119 e.